The van der Waals surface area contributed by atoms with Gasteiger partial charge in [-0.3, -0.25) is 10.1 Å². The Hall–Kier alpha value is -2.20. The molecule has 2 heterocycles. The van der Waals surface area contributed by atoms with Gasteiger partial charge in [0.1, 0.15) is 11.9 Å². The molecule has 2 N–H and O–H groups in total. The number of piperidine rings is 1. The van der Waals surface area contributed by atoms with Crippen LogP contribution in [0.1, 0.15) is 25.5 Å². The van der Waals surface area contributed by atoms with E-state index >= 15 is 0 Å². The molecule has 0 aromatic carbocycles. The van der Waals surface area contributed by atoms with Crippen LogP contribution in [-0.4, -0.2) is 28.5 Å². The van der Waals surface area contributed by atoms with Crippen molar-refractivity contribution in [2.24, 2.45) is 0 Å². The number of pyridine rings is 1. The first-order chi connectivity index (χ1) is 9.04. The van der Waals surface area contributed by atoms with Crippen molar-refractivity contribution in [3.8, 4) is 6.07 Å². The van der Waals surface area contributed by atoms with Gasteiger partial charge in [0.15, 0.2) is 0 Å². The van der Waals surface area contributed by atoms with Crippen LogP contribution in [0.15, 0.2) is 12.1 Å². The maximum Gasteiger partial charge on any atom is 0.305 e. The Morgan fingerprint density at radius 2 is 2.21 bits per heavy atom. The topological polar surface area (TPSA) is 104 Å². The second kappa shape index (κ2) is 5.20. The lowest BCUT2D eigenvalue weighted by Crippen LogP contribution is -2.45. The highest BCUT2D eigenvalue weighted by Gasteiger charge is 2.27. The van der Waals surface area contributed by atoms with Gasteiger partial charge in [-0.15, -0.1) is 0 Å². The average molecular weight is 261 g/mol. The maximum absolute atomic E-state index is 10.7. The number of rotatable bonds is 3. The zero-order chi connectivity index (χ0) is 13.9. The summed E-state index contributed by atoms with van der Waals surface area (Å²) < 4.78 is 0. The van der Waals surface area contributed by atoms with Crippen molar-refractivity contribution >= 4 is 11.5 Å². The molecule has 7 nitrogen and oxygen atoms in total. The highest BCUT2D eigenvalue weighted by Crippen LogP contribution is 2.25. The van der Waals surface area contributed by atoms with Crippen molar-refractivity contribution in [1.82, 2.24) is 10.3 Å². The lowest BCUT2D eigenvalue weighted by Gasteiger charge is -2.35. The number of hydrogen-bond donors (Lipinski definition) is 2. The standard InChI is InChI=1S/C12H15N5O2/c1-12(4-6-14-7-5-12)16-11-3-2-10(17(18)19)9(8-13)15-11/h2-3,14H,4-7H2,1H3,(H,15,16). The normalized spacial score (nSPS) is 17.5. The van der Waals surface area contributed by atoms with Gasteiger partial charge in [0, 0.05) is 11.6 Å². The van der Waals surface area contributed by atoms with Gasteiger partial charge >= 0.3 is 5.69 Å². The summed E-state index contributed by atoms with van der Waals surface area (Å²) in [6, 6.07) is 4.63. The molecular formula is C12H15N5O2. The van der Waals surface area contributed by atoms with Crippen molar-refractivity contribution in [2.45, 2.75) is 25.3 Å². The van der Waals surface area contributed by atoms with E-state index in [1.165, 1.54) is 6.07 Å². The molecule has 7 heteroatoms. The Labute approximate surface area is 110 Å². The molecule has 0 unspecified atom stereocenters. The number of anilines is 1. The third kappa shape index (κ3) is 2.98. The first-order valence-corrected chi connectivity index (χ1v) is 6.08. The molecule has 1 fully saturated rings. The van der Waals surface area contributed by atoms with E-state index in [9.17, 15) is 10.1 Å². The maximum atomic E-state index is 10.7. The molecule has 19 heavy (non-hydrogen) atoms. The number of hydrogen-bond acceptors (Lipinski definition) is 6. The predicted molar refractivity (Wildman–Crippen MR) is 69.7 cm³/mol. The second-order valence-electron chi connectivity index (χ2n) is 4.87. The van der Waals surface area contributed by atoms with Crippen LogP contribution in [0.4, 0.5) is 11.5 Å². The lowest BCUT2D eigenvalue weighted by atomic mass is 9.90. The molecule has 0 amide bonds. The average Bonchev–Trinajstić information content (AvgIpc) is 2.38. The van der Waals surface area contributed by atoms with Crippen LogP contribution in [0.3, 0.4) is 0 Å². The van der Waals surface area contributed by atoms with Crippen LogP contribution in [-0.2, 0) is 0 Å². The molecule has 1 aliphatic rings. The van der Waals surface area contributed by atoms with Gasteiger partial charge in [-0.2, -0.15) is 5.26 Å². The van der Waals surface area contributed by atoms with Gasteiger partial charge < -0.3 is 10.6 Å². The van der Waals surface area contributed by atoms with Crippen LogP contribution < -0.4 is 10.6 Å². The molecule has 0 spiro atoms. The summed E-state index contributed by atoms with van der Waals surface area (Å²) in [4.78, 5) is 14.2. The van der Waals surface area contributed by atoms with Crippen LogP contribution in [0.5, 0.6) is 0 Å². The van der Waals surface area contributed by atoms with Gasteiger partial charge in [0.2, 0.25) is 5.69 Å². The molecule has 0 atom stereocenters. The SMILES string of the molecule is CC1(Nc2ccc([N+](=O)[O-])c(C#N)n2)CCNCC1. The second-order valence-corrected chi connectivity index (χ2v) is 4.87. The molecule has 0 saturated carbocycles. The minimum atomic E-state index is -0.596. The molecule has 0 bridgehead atoms. The molecule has 1 aromatic rings. The van der Waals surface area contributed by atoms with E-state index in [2.05, 4.69) is 22.5 Å². The first kappa shape index (κ1) is 13.2. The van der Waals surface area contributed by atoms with Crippen molar-refractivity contribution in [3.63, 3.8) is 0 Å². The van der Waals surface area contributed by atoms with E-state index < -0.39 is 4.92 Å². The third-order valence-electron chi connectivity index (χ3n) is 3.31. The largest absolute Gasteiger partial charge is 0.365 e. The summed E-state index contributed by atoms with van der Waals surface area (Å²) in [6.07, 6.45) is 1.88. The predicted octanol–water partition coefficient (Wildman–Crippen LogP) is 1.42. The number of aromatic nitrogens is 1. The highest BCUT2D eigenvalue weighted by molar-refractivity contribution is 5.51. The van der Waals surface area contributed by atoms with Crippen molar-refractivity contribution in [1.29, 1.82) is 5.26 Å². The van der Waals surface area contributed by atoms with E-state index in [-0.39, 0.29) is 16.9 Å². The quantitative estimate of drug-likeness (QED) is 0.629. The summed E-state index contributed by atoms with van der Waals surface area (Å²) >= 11 is 0. The first-order valence-electron chi connectivity index (χ1n) is 6.08. The van der Waals surface area contributed by atoms with E-state index in [0.717, 1.165) is 25.9 Å². The summed E-state index contributed by atoms with van der Waals surface area (Å²) in [5, 5.41) is 26.2. The van der Waals surface area contributed by atoms with E-state index in [4.69, 9.17) is 5.26 Å². The smallest absolute Gasteiger partial charge is 0.305 e. The summed E-state index contributed by atoms with van der Waals surface area (Å²) in [5.41, 5.74) is -0.516. The number of nitro groups is 1. The Morgan fingerprint density at radius 3 is 2.79 bits per heavy atom. The van der Waals surface area contributed by atoms with Crippen LogP contribution in [0.25, 0.3) is 0 Å². The van der Waals surface area contributed by atoms with E-state index in [0.29, 0.717) is 5.82 Å². The van der Waals surface area contributed by atoms with Crippen LogP contribution in [0.2, 0.25) is 0 Å². The van der Waals surface area contributed by atoms with Crippen molar-refractivity contribution in [2.75, 3.05) is 18.4 Å². The molecule has 100 valence electrons. The molecule has 1 aliphatic heterocycles. The molecule has 1 aromatic heterocycles. The minimum Gasteiger partial charge on any atom is -0.365 e. The van der Waals surface area contributed by atoms with Gasteiger partial charge in [0.05, 0.1) is 4.92 Å². The summed E-state index contributed by atoms with van der Waals surface area (Å²) in [7, 11) is 0. The number of nitrogens with one attached hydrogen (secondary N) is 2. The fraction of sp³-hybridized carbons (Fsp3) is 0.500. The zero-order valence-electron chi connectivity index (χ0n) is 10.6. The third-order valence-corrected chi connectivity index (χ3v) is 3.31. The van der Waals surface area contributed by atoms with Gasteiger partial charge in [0.25, 0.3) is 0 Å². The van der Waals surface area contributed by atoms with Crippen LogP contribution in [0, 0.1) is 21.4 Å². The van der Waals surface area contributed by atoms with Crippen LogP contribution >= 0.6 is 0 Å². The van der Waals surface area contributed by atoms with Crippen molar-refractivity contribution < 1.29 is 4.92 Å². The zero-order valence-corrected chi connectivity index (χ0v) is 10.6. The highest BCUT2D eigenvalue weighted by atomic mass is 16.6. The van der Waals surface area contributed by atoms with Gasteiger partial charge in [-0.05, 0) is 38.9 Å². The Bertz CT molecular complexity index is 531. The van der Waals surface area contributed by atoms with E-state index in [1.54, 1.807) is 12.1 Å². The van der Waals surface area contributed by atoms with Gasteiger partial charge in [-0.1, -0.05) is 0 Å². The molecule has 0 radical (unpaired) electrons. The molecule has 1 saturated heterocycles. The minimum absolute atomic E-state index is 0.0961. The van der Waals surface area contributed by atoms with Crippen molar-refractivity contribution in [3.05, 3.63) is 27.9 Å². The fourth-order valence-electron chi connectivity index (χ4n) is 2.16. The summed E-state index contributed by atoms with van der Waals surface area (Å²) in [5.74, 6) is 0.506. The molecule has 2 rings (SSSR count). The lowest BCUT2D eigenvalue weighted by molar-refractivity contribution is -0.385. The monoisotopic (exact) mass is 261 g/mol. The fourth-order valence-corrected chi connectivity index (χ4v) is 2.16. The number of nitriles is 1. The Morgan fingerprint density at radius 1 is 1.53 bits per heavy atom. The number of nitrogens with zero attached hydrogens (tertiary/aromatic N) is 3. The molecular weight excluding hydrogens is 246 g/mol. The van der Waals surface area contributed by atoms with Gasteiger partial charge in [-0.25, -0.2) is 4.98 Å². The van der Waals surface area contributed by atoms with E-state index in [1.807, 2.05) is 0 Å². The Balaban J connectivity index is 2.22. The summed E-state index contributed by atoms with van der Waals surface area (Å²) in [6.45, 7) is 3.92. The Kier molecular flexibility index (Phi) is 3.62. The molecule has 0 aliphatic carbocycles.